The molecule has 0 amide bonds. The second kappa shape index (κ2) is 8.62. The monoisotopic (exact) mass is 355 g/mol. The lowest BCUT2D eigenvalue weighted by Gasteiger charge is -2.33. The van der Waals surface area contributed by atoms with Crippen LogP contribution in [-0.4, -0.2) is 66.5 Å². The van der Waals surface area contributed by atoms with Crippen LogP contribution in [0, 0.1) is 0 Å². The minimum atomic E-state index is 0.491. The first kappa shape index (κ1) is 18.1. The molecule has 0 aliphatic carbocycles. The number of pyridine rings is 1. The maximum absolute atomic E-state index is 5.46. The van der Waals surface area contributed by atoms with E-state index in [9.17, 15) is 0 Å². The van der Waals surface area contributed by atoms with Gasteiger partial charge in [0.15, 0.2) is 11.7 Å². The zero-order valence-corrected chi connectivity index (χ0v) is 15.6. The van der Waals surface area contributed by atoms with Gasteiger partial charge in [0.05, 0.1) is 13.3 Å². The van der Waals surface area contributed by atoms with E-state index in [-0.39, 0.29) is 0 Å². The maximum Gasteiger partial charge on any atom is 0.213 e. The van der Waals surface area contributed by atoms with Gasteiger partial charge in [-0.15, -0.1) is 0 Å². The number of methoxy groups -OCH3 is 1. The molecule has 0 saturated carbocycles. The number of amidine groups is 2. The molecule has 2 aliphatic rings. The van der Waals surface area contributed by atoms with Crippen molar-refractivity contribution >= 4 is 17.7 Å². The van der Waals surface area contributed by atoms with Crippen molar-refractivity contribution in [3.63, 3.8) is 0 Å². The molecule has 3 heterocycles. The van der Waals surface area contributed by atoms with Gasteiger partial charge in [0, 0.05) is 38.7 Å². The lowest BCUT2D eigenvalue weighted by atomic mass is 10.2. The Hall–Kier alpha value is -2.67. The predicted octanol–water partition coefficient (Wildman–Crippen LogP) is 2.39. The first-order valence-corrected chi connectivity index (χ1v) is 8.88. The van der Waals surface area contributed by atoms with Crippen LogP contribution in [-0.2, 0) is 4.74 Å². The number of aliphatic imine (C=N–C) groups is 2. The Labute approximate surface area is 154 Å². The number of nitrogens with zero attached hydrogens (tertiary/aromatic N) is 5. The summed E-state index contributed by atoms with van der Waals surface area (Å²) in [6.45, 7) is 8.04. The average Bonchev–Trinajstić information content (AvgIpc) is 3.09. The van der Waals surface area contributed by atoms with Crippen LogP contribution in [0.25, 0.3) is 6.08 Å². The largest absolute Gasteiger partial charge is 0.475 e. The van der Waals surface area contributed by atoms with Crippen LogP contribution in [0.5, 0.6) is 5.88 Å². The van der Waals surface area contributed by atoms with Gasteiger partial charge in [-0.25, -0.2) is 15.0 Å². The van der Waals surface area contributed by atoms with Gasteiger partial charge in [-0.3, -0.25) is 0 Å². The van der Waals surface area contributed by atoms with Crippen molar-refractivity contribution in [1.29, 1.82) is 0 Å². The van der Waals surface area contributed by atoms with Crippen molar-refractivity contribution in [3.05, 3.63) is 41.9 Å². The van der Waals surface area contributed by atoms with Gasteiger partial charge in [-0.2, -0.15) is 0 Å². The lowest BCUT2D eigenvalue weighted by Crippen LogP contribution is -2.43. The summed E-state index contributed by atoms with van der Waals surface area (Å²) >= 11 is 0. The Bertz CT molecular complexity index is 737. The first-order valence-electron chi connectivity index (χ1n) is 8.88. The molecule has 0 aromatic carbocycles. The fourth-order valence-corrected chi connectivity index (χ4v) is 2.68. The zero-order chi connectivity index (χ0) is 18.4. The number of hydrogen-bond donors (Lipinski definition) is 0. The smallest absolute Gasteiger partial charge is 0.213 e. The minimum Gasteiger partial charge on any atom is -0.475 e. The van der Waals surface area contributed by atoms with E-state index in [0.717, 1.165) is 36.9 Å². The molecule has 0 atom stereocenters. The highest BCUT2D eigenvalue weighted by Gasteiger charge is 2.26. The van der Waals surface area contributed by atoms with E-state index in [2.05, 4.69) is 44.8 Å². The molecule has 0 radical (unpaired) electrons. The molecule has 26 heavy (non-hydrogen) atoms. The van der Waals surface area contributed by atoms with Crippen molar-refractivity contribution in [2.75, 3.05) is 40.1 Å². The molecule has 7 nitrogen and oxygen atoms in total. The zero-order valence-electron chi connectivity index (χ0n) is 15.6. The van der Waals surface area contributed by atoms with E-state index < -0.39 is 0 Å². The SMILES string of the molecule is CCN1C=C2N=C(/C=C/c3ccc(OCCOC)nc3)N=C2N(CC)C1. The molecular weight excluding hydrogens is 330 g/mol. The third-order valence-corrected chi connectivity index (χ3v) is 4.15. The molecule has 1 aromatic rings. The van der Waals surface area contributed by atoms with Crippen LogP contribution in [0.1, 0.15) is 19.4 Å². The number of rotatable bonds is 8. The van der Waals surface area contributed by atoms with Gasteiger partial charge in [0.2, 0.25) is 5.88 Å². The number of aromatic nitrogens is 1. The van der Waals surface area contributed by atoms with Gasteiger partial charge in [0.1, 0.15) is 12.3 Å². The molecule has 0 saturated heterocycles. The molecule has 3 rings (SSSR count). The summed E-state index contributed by atoms with van der Waals surface area (Å²) < 4.78 is 10.4. The summed E-state index contributed by atoms with van der Waals surface area (Å²) in [5.41, 5.74) is 1.90. The Kier molecular flexibility index (Phi) is 6.01. The summed E-state index contributed by atoms with van der Waals surface area (Å²) in [5, 5.41) is 0. The molecular formula is C19H25N5O2. The van der Waals surface area contributed by atoms with Gasteiger partial charge >= 0.3 is 0 Å². The third kappa shape index (κ3) is 4.29. The topological polar surface area (TPSA) is 62.6 Å². The third-order valence-electron chi connectivity index (χ3n) is 4.15. The molecule has 0 spiro atoms. The summed E-state index contributed by atoms with van der Waals surface area (Å²) in [6.07, 6.45) is 7.73. The van der Waals surface area contributed by atoms with E-state index in [4.69, 9.17) is 9.47 Å². The van der Waals surface area contributed by atoms with Crippen LogP contribution in [0.3, 0.4) is 0 Å². The van der Waals surface area contributed by atoms with E-state index in [1.807, 2.05) is 24.3 Å². The van der Waals surface area contributed by atoms with Crippen molar-refractivity contribution in [2.45, 2.75) is 13.8 Å². The Morgan fingerprint density at radius 2 is 2.00 bits per heavy atom. The summed E-state index contributed by atoms with van der Waals surface area (Å²) in [6, 6.07) is 3.80. The Balaban J connectivity index is 1.66. The highest BCUT2D eigenvalue weighted by Crippen LogP contribution is 2.20. The van der Waals surface area contributed by atoms with Crippen LogP contribution in [0.2, 0.25) is 0 Å². The van der Waals surface area contributed by atoms with Crippen molar-refractivity contribution in [2.24, 2.45) is 9.98 Å². The van der Waals surface area contributed by atoms with Crippen LogP contribution >= 0.6 is 0 Å². The highest BCUT2D eigenvalue weighted by atomic mass is 16.5. The average molecular weight is 355 g/mol. The molecule has 2 aliphatic heterocycles. The van der Waals surface area contributed by atoms with Crippen molar-refractivity contribution < 1.29 is 9.47 Å². The fraction of sp³-hybridized carbons (Fsp3) is 0.421. The molecule has 0 N–H and O–H groups in total. The predicted molar refractivity (Wildman–Crippen MR) is 103 cm³/mol. The van der Waals surface area contributed by atoms with Gasteiger partial charge in [-0.05, 0) is 37.6 Å². The highest BCUT2D eigenvalue weighted by molar-refractivity contribution is 6.16. The molecule has 7 heteroatoms. The second-order valence-corrected chi connectivity index (χ2v) is 5.93. The summed E-state index contributed by atoms with van der Waals surface area (Å²) in [4.78, 5) is 18.1. The molecule has 0 unspecified atom stereocenters. The molecule has 1 aromatic heterocycles. The van der Waals surface area contributed by atoms with Crippen LogP contribution < -0.4 is 4.74 Å². The molecule has 0 bridgehead atoms. The number of hydrogen-bond acceptors (Lipinski definition) is 7. The Morgan fingerprint density at radius 1 is 1.12 bits per heavy atom. The van der Waals surface area contributed by atoms with Gasteiger partial charge in [-0.1, -0.05) is 0 Å². The normalized spacial score (nSPS) is 16.5. The summed E-state index contributed by atoms with van der Waals surface area (Å²) in [7, 11) is 1.64. The Morgan fingerprint density at radius 3 is 2.69 bits per heavy atom. The molecule has 0 fully saturated rings. The number of fused-ring (bicyclic) bond motifs is 1. The number of ether oxygens (including phenoxy) is 2. The van der Waals surface area contributed by atoms with Crippen LogP contribution in [0.4, 0.5) is 0 Å². The van der Waals surface area contributed by atoms with Crippen molar-refractivity contribution in [1.82, 2.24) is 14.8 Å². The van der Waals surface area contributed by atoms with Crippen molar-refractivity contribution in [3.8, 4) is 5.88 Å². The fourth-order valence-electron chi connectivity index (χ4n) is 2.68. The molecule has 138 valence electrons. The van der Waals surface area contributed by atoms with Gasteiger partial charge in [0.25, 0.3) is 0 Å². The van der Waals surface area contributed by atoms with Crippen LogP contribution in [0.15, 0.2) is 46.3 Å². The van der Waals surface area contributed by atoms with E-state index in [0.29, 0.717) is 24.9 Å². The summed E-state index contributed by atoms with van der Waals surface area (Å²) in [5.74, 6) is 2.26. The van der Waals surface area contributed by atoms with Gasteiger partial charge < -0.3 is 19.3 Å². The van der Waals surface area contributed by atoms with E-state index in [1.54, 1.807) is 13.3 Å². The number of likely N-dealkylation sites (N-methyl/N-ethyl adjacent to an activating group) is 1. The lowest BCUT2D eigenvalue weighted by molar-refractivity contribution is 0.144. The van der Waals surface area contributed by atoms with E-state index >= 15 is 0 Å². The minimum absolute atomic E-state index is 0.491. The maximum atomic E-state index is 5.46. The van der Waals surface area contributed by atoms with E-state index in [1.165, 1.54) is 0 Å². The first-order chi connectivity index (χ1) is 12.7. The second-order valence-electron chi connectivity index (χ2n) is 5.93. The standard InChI is InChI=1S/C19H25N5O2/c1-4-23-13-16-19(24(5-2)14-23)22-17(21-16)8-6-15-7-9-18(20-12-15)26-11-10-25-3/h6-9,12-13H,4-5,10-11,14H2,1-3H3/b8-6+. The quantitative estimate of drug-likeness (QED) is 0.670.